The van der Waals surface area contributed by atoms with E-state index in [1.54, 1.807) is 39.8 Å². The Hall–Kier alpha value is -1.53. The SMILES string of the molecule is COC(=O)C(C)N(C(=O)CSC(=O)C(C)C)c1c(C)ccc(Cl)c1C. The Bertz CT molecular complexity index is 675. The molecule has 0 aromatic heterocycles. The number of halogens is 1. The second-order valence-electron chi connectivity index (χ2n) is 6.06. The molecule has 1 atom stereocenters. The molecular formula is C18H24ClNO4S. The highest BCUT2D eigenvalue weighted by atomic mass is 35.5. The predicted molar refractivity (Wildman–Crippen MR) is 102 cm³/mol. The quantitative estimate of drug-likeness (QED) is 0.697. The number of benzene rings is 1. The van der Waals surface area contributed by atoms with Crippen molar-refractivity contribution in [3.8, 4) is 0 Å². The first kappa shape index (κ1) is 21.5. The molecule has 1 aromatic carbocycles. The van der Waals surface area contributed by atoms with E-state index in [4.69, 9.17) is 16.3 Å². The molecule has 0 spiro atoms. The van der Waals surface area contributed by atoms with E-state index >= 15 is 0 Å². The number of esters is 1. The van der Waals surface area contributed by atoms with Crippen molar-refractivity contribution >= 4 is 46.0 Å². The third-order valence-electron chi connectivity index (χ3n) is 3.82. The molecule has 0 heterocycles. The Morgan fingerprint density at radius 2 is 1.80 bits per heavy atom. The number of nitrogens with zero attached hydrogens (tertiary/aromatic N) is 1. The summed E-state index contributed by atoms with van der Waals surface area (Å²) in [4.78, 5) is 38.1. The molecule has 0 N–H and O–H groups in total. The molecule has 138 valence electrons. The van der Waals surface area contributed by atoms with Gasteiger partial charge < -0.3 is 4.74 Å². The van der Waals surface area contributed by atoms with Crippen LogP contribution < -0.4 is 4.90 Å². The predicted octanol–water partition coefficient (Wildman–Crippen LogP) is 3.77. The Labute approximate surface area is 158 Å². The van der Waals surface area contributed by atoms with Crippen LogP contribution in [0.25, 0.3) is 0 Å². The van der Waals surface area contributed by atoms with Crippen LogP contribution in [0.3, 0.4) is 0 Å². The lowest BCUT2D eigenvalue weighted by Crippen LogP contribution is -2.46. The third kappa shape index (κ3) is 5.22. The van der Waals surface area contributed by atoms with Gasteiger partial charge in [0.2, 0.25) is 5.91 Å². The number of hydrogen-bond acceptors (Lipinski definition) is 5. The highest BCUT2D eigenvalue weighted by molar-refractivity contribution is 8.14. The topological polar surface area (TPSA) is 63.7 Å². The van der Waals surface area contributed by atoms with Gasteiger partial charge in [-0.05, 0) is 38.0 Å². The number of methoxy groups -OCH3 is 1. The summed E-state index contributed by atoms with van der Waals surface area (Å²) in [5.74, 6) is -1.10. The zero-order chi connectivity index (χ0) is 19.3. The highest BCUT2D eigenvalue weighted by Crippen LogP contribution is 2.32. The Morgan fingerprint density at radius 3 is 2.32 bits per heavy atom. The molecular weight excluding hydrogens is 362 g/mol. The van der Waals surface area contributed by atoms with Gasteiger partial charge in [-0.1, -0.05) is 43.3 Å². The number of hydrogen-bond donors (Lipinski definition) is 0. The molecule has 1 rings (SSSR count). The van der Waals surface area contributed by atoms with Crippen LogP contribution in [0.1, 0.15) is 31.9 Å². The number of rotatable bonds is 6. The van der Waals surface area contributed by atoms with Gasteiger partial charge in [-0.3, -0.25) is 14.5 Å². The van der Waals surface area contributed by atoms with Crippen LogP contribution in [0.15, 0.2) is 12.1 Å². The number of ether oxygens (including phenoxy) is 1. The van der Waals surface area contributed by atoms with Crippen LogP contribution in [-0.2, 0) is 19.1 Å². The van der Waals surface area contributed by atoms with E-state index in [1.807, 2.05) is 6.92 Å². The molecule has 1 unspecified atom stereocenters. The number of aryl methyl sites for hydroxylation is 1. The number of thioether (sulfide) groups is 1. The summed E-state index contributed by atoms with van der Waals surface area (Å²) in [5.41, 5.74) is 2.09. The van der Waals surface area contributed by atoms with E-state index in [1.165, 1.54) is 12.0 Å². The summed E-state index contributed by atoms with van der Waals surface area (Å²) in [6.45, 7) is 8.79. The molecule has 0 radical (unpaired) electrons. The molecule has 0 aliphatic rings. The minimum Gasteiger partial charge on any atom is -0.467 e. The molecule has 0 aliphatic carbocycles. The second-order valence-corrected chi connectivity index (χ2v) is 7.45. The standard InChI is InChI=1S/C18H24ClNO4S/c1-10(2)18(23)25-9-15(21)20(13(5)17(22)24-6)16-11(3)7-8-14(19)12(16)4/h7-8,10,13H,9H2,1-6H3. The van der Waals surface area contributed by atoms with Crippen molar-refractivity contribution in [3.05, 3.63) is 28.3 Å². The third-order valence-corrected chi connectivity index (χ3v) is 5.37. The molecule has 1 aromatic rings. The number of amides is 1. The minimum atomic E-state index is -0.830. The molecule has 0 saturated heterocycles. The molecule has 25 heavy (non-hydrogen) atoms. The maximum absolute atomic E-state index is 12.9. The Kier molecular flexibility index (Phi) is 7.96. The summed E-state index contributed by atoms with van der Waals surface area (Å²) >= 11 is 7.16. The van der Waals surface area contributed by atoms with Gasteiger partial charge in [0.1, 0.15) is 6.04 Å². The molecule has 0 bridgehead atoms. The largest absolute Gasteiger partial charge is 0.467 e. The van der Waals surface area contributed by atoms with Gasteiger partial charge in [-0.15, -0.1) is 0 Å². The monoisotopic (exact) mass is 385 g/mol. The fourth-order valence-corrected chi connectivity index (χ4v) is 3.25. The Morgan fingerprint density at radius 1 is 1.20 bits per heavy atom. The smallest absolute Gasteiger partial charge is 0.328 e. The van der Waals surface area contributed by atoms with Crippen molar-refractivity contribution in [2.75, 3.05) is 17.8 Å². The van der Waals surface area contributed by atoms with Crippen LogP contribution in [0.4, 0.5) is 5.69 Å². The van der Waals surface area contributed by atoms with Gasteiger partial charge in [-0.25, -0.2) is 4.79 Å². The van der Waals surface area contributed by atoms with Crippen molar-refractivity contribution in [2.45, 2.75) is 40.7 Å². The molecule has 1 amide bonds. The molecule has 7 heteroatoms. The average Bonchev–Trinajstić information content (AvgIpc) is 2.58. The van der Waals surface area contributed by atoms with Crippen LogP contribution in [0.2, 0.25) is 5.02 Å². The van der Waals surface area contributed by atoms with Crippen molar-refractivity contribution in [3.63, 3.8) is 0 Å². The minimum absolute atomic E-state index is 0.0518. The Balaban J connectivity index is 3.27. The molecule has 0 saturated carbocycles. The van der Waals surface area contributed by atoms with E-state index in [0.717, 1.165) is 17.3 Å². The molecule has 0 fully saturated rings. The van der Waals surface area contributed by atoms with Gasteiger partial charge in [-0.2, -0.15) is 0 Å². The molecule has 0 aliphatic heterocycles. The van der Waals surface area contributed by atoms with Crippen LogP contribution in [0.5, 0.6) is 0 Å². The van der Waals surface area contributed by atoms with Gasteiger partial charge in [0.15, 0.2) is 5.12 Å². The first-order chi connectivity index (χ1) is 11.6. The number of carbonyl (C=O) groups excluding carboxylic acids is 3. The molecule has 5 nitrogen and oxygen atoms in total. The fraction of sp³-hybridized carbons (Fsp3) is 0.500. The lowest BCUT2D eigenvalue weighted by molar-refractivity contribution is -0.142. The maximum atomic E-state index is 12.9. The van der Waals surface area contributed by atoms with Crippen LogP contribution >= 0.6 is 23.4 Å². The normalized spacial score (nSPS) is 12.0. The van der Waals surface area contributed by atoms with Crippen molar-refractivity contribution in [1.29, 1.82) is 0 Å². The zero-order valence-electron chi connectivity index (χ0n) is 15.4. The number of anilines is 1. The van der Waals surface area contributed by atoms with Crippen LogP contribution in [0, 0.1) is 19.8 Å². The maximum Gasteiger partial charge on any atom is 0.328 e. The van der Waals surface area contributed by atoms with E-state index in [2.05, 4.69) is 0 Å². The van der Waals surface area contributed by atoms with Gasteiger partial charge in [0.05, 0.1) is 18.6 Å². The summed E-state index contributed by atoms with van der Waals surface area (Å²) in [5, 5.41) is 0.430. The van der Waals surface area contributed by atoms with E-state index in [-0.39, 0.29) is 22.7 Å². The van der Waals surface area contributed by atoms with Crippen molar-refractivity contribution in [1.82, 2.24) is 0 Å². The zero-order valence-corrected chi connectivity index (χ0v) is 17.0. The first-order valence-corrected chi connectivity index (χ1v) is 9.30. The van der Waals surface area contributed by atoms with E-state index in [0.29, 0.717) is 16.3 Å². The summed E-state index contributed by atoms with van der Waals surface area (Å²) < 4.78 is 4.80. The summed E-state index contributed by atoms with van der Waals surface area (Å²) in [7, 11) is 1.27. The summed E-state index contributed by atoms with van der Waals surface area (Å²) in [6.07, 6.45) is 0. The van der Waals surface area contributed by atoms with Crippen molar-refractivity contribution < 1.29 is 19.1 Å². The van der Waals surface area contributed by atoms with E-state index < -0.39 is 12.0 Å². The number of carbonyl (C=O) groups is 3. The van der Waals surface area contributed by atoms with Crippen LogP contribution in [-0.4, -0.2) is 35.9 Å². The van der Waals surface area contributed by atoms with E-state index in [9.17, 15) is 14.4 Å². The lowest BCUT2D eigenvalue weighted by atomic mass is 10.1. The highest BCUT2D eigenvalue weighted by Gasteiger charge is 2.31. The fourth-order valence-electron chi connectivity index (χ4n) is 2.36. The second kappa shape index (κ2) is 9.25. The van der Waals surface area contributed by atoms with Gasteiger partial charge in [0, 0.05) is 10.9 Å². The summed E-state index contributed by atoms with van der Waals surface area (Å²) in [6, 6.07) is 2.71. The lowest BCUT2D eigenvalue weighted by Gasteiger charge is -2.30. The average molecular weight is 386 g/mol. The van der Waals surface area contributed by atoms with Gasteiger partial charge >= 0.3 is 5.97 Å². The van der Waals surface area contributed by atoms with Gasteiger partial charge in [0.25, 0.3) is 0 Å². The van der Waals surface area contributed by atoms with Crippen molar-refractivity contribution in [2.24, 2.45) is 5.92 Å². The first-order valence-electron chi connectivity index (χ1n) is 7.94.